The Bertz CT molecular complexity index is 2160. The van der Waals surface area contributed by atoms with Crippen LogP contribution >= 0.6 is 0 Å². The van der Waals surface area contributed by atoms with Crippen LogP contribution in [-0.4, -0.2) is 55.7 Å². The molecule has 0 saturated heterocycles. The number of fused-ring (bicyclic) bond motifs is 2. The zero-order chi connectivity index (χ0) is 29.7. The maximum Gasteiger partial charge on any atom is 0.227 e. The van der Waals surface area contributed by atoms with Gasteiger partial charge in [0.25, 0.3) is 0 Å². The molecule has 0 spiro atoms. The van der Waals surface area contributed by atoms with E-state index in [9.17, 15) is 17.6 Å². The molecule has 0 atom stereocenters. The highest BCUT2D eigenvalue weighted by atomic mass is 32.2. The Hall–Kier alpha value is -5.08. The van der Waals surface area contributed by atoms with Crippen LogP contribution in [0.2, 0.25) is 0 Å². The molecule has 0 radical (unpaired) electrons. The Labute approximate surface area is 244 Å². The second kappa shape index (κ2) is 10.3. The monoisotopic (exact) mass is 597 g/mol. The quantitative estimate of drug-likeness (QED) is 0.203. The highest BCUT2D eigenvalue weighted by molar-refractivity contribution is 7.88. The predicted molar refractivity (Wildman–Crippen MR) is 158 cm³/mol. The summed E-state index contributed by atoms with van der Waals surface area (Å²) in [6.45, 7) is -0.0655. The predicted octanol–water partition coefficient (Wildman–Crippen LogP) is 4.16. The summed E-state index contributed by atoms with van der Waals surface area (Å²) in [5, 5.41) is 10.4. The lowest BCUT2D eigenvalue weighted by molar-refractivity contribution is -0.117. The number of nitrogens with one attached hydrogen (secondary N) is 4. The van der Waals surface area contributed by atoms with Gasteiger partial charge in [0.1, 0.15) is 16.9 Å². The standard InChI is InChI=1S/C29H24FN9O3S/c1-43(41,42)33-12-15-8-17(10-19(30)9-15)24-25-22(6-7-32-24)36-28(37-25)27-26-23(38-39-27)5-4-21(35-26)18-11-20(14-31-13-18)34-29(40)16-2-3-16/h4-11,13-14,16,33H,2-3,12H2,1H3,(H,34,40)(H,36,37)(H,38,39). The van der Waals surface area contributed by atoms with Crippen molar-refractivity contribution in [1.82, 2.24) is 39.8 Å². The van der Waals surface area contributed by atoms with E-state index in [1.807, 2.05) is 18.2 Å². The first-order valence-corrected chi connectivity index (χ1v) is 15.3. The van der Waals surface area contributed by atoms with Gasteiger partial charge in [-0.15, -0.1) is 0 Å². The van der Waals surface area contributed by atoms with Gasteiger partial charge in [0.05, 0.1) is 40.6 Å². The number of carbonyl (C=O) groups is 1. The van der Waals surface area contributed by atoms with Gasteiger partial charge in [0.15, 0.2) is 11.5 Å². The number of sulfonamides is 1. The van der Waals surface area contributed by atoms with Crippen molar-refractivity contribution in [1.29, 1.82) is 0 Å². The number of halogens is 1. The van der Waals surface area contributed by atoms with Crippen molar-refractivity contribution in [2.24, 2.45) is 5.92 Å². The van der Waals surface area contributed by atoms with Crippen LogP contribution in [0.1, 0.15) is 18.4 Å². The van der Waals surface area contributed by atoms with Crippen molar-refractivity contribution < 1.29 is 17.6 Å². The molecule has 5 heterocycles. The highest BCUT2D eigenvalue weighted by Gasteiger charge is 2.29. The second-order valence-corrected chi connectivity index (χ2v) is 12.3. The van der Waals surface area contributed by atoms with Gasteiger partial charge >= 0.3 is 0 Å². The van der Waals surface area contributed by atoms with Crippen LogP contribution in [0.15, 0.2) is 61.1 Å². The first kappa shape index (κ1) is 26.8. The van der Waals surface area contributed by atoms with E-state index in [1.165, 1.54) is 12.1 Å². The topological polar surface area (TPSA) is 171 Å². The number of hydrogen-bond acceptors (Lipinski definition) is 8. The summed E-state index contributed by atoms with van der Waals surface area (Å²) in [7, 11) is -3.46. The van der Waals surface area contributed by atoms with Crippen LogP contribution in [0.4, 0.5) is 10.1 Å². The third-order valence-electron chi connectivity index (χ3n) is 7.05. The van der Waals surface area contributed by atoms with E-state index < -0.39 is 15.8 Å². The molecule has 1 fully saturated rings. The Kier molecular flexibility index (Phi) is 6.43. The average Bonchev–Trinajstić information content (AvgIpc) is 3.61. The Balaban J connectivity index is 1.25. The summed E-state index contributed by atoms with van der Waals surface area (Å²) < 4.78 is 40.0. The molecule has 5 aromatic heterocycles. The van der Waals surface area contributed by atoms with Crippen molar-refractivity contribution in [3.8, 4) is 34.0 Å². The number of amides is 1. The molecule has 6 aromatic rings. The number of carbonyl (C=O) groups excluding carboxylic acids is 1. The lowest BCUT2D eigenvalue weighted by atomic mass is 10.1. The van der Waals surface area contributed by atoms with E-state index in [0.29, 0.717) is 61.8 Å². The second-order valence-electron chi connectivity index (χ2n) is 10.5. The van der Waals surface area contributed by atoms with Crippen LogP contribution in [0.25, 0.3) is 56.1 Å². The molecule has 14 heteroatoms. The molecule has 7 rings (SSSR count). The van der Waals surface area contributed by atoms with Crippen LogP contribution in [0.3, 0.4) is 0 Å². The van der Waals surface area contributed by atoms with Gasteiger partial charge in [-0.05, 0) is 60.9 Å². The molecular formula is C29H24FN9O3S. The third-order valence-corrected chi connectivity index (χ3v) is 7.72. The first-order valence-electron chi connectivity index (χ1n) is 13.4. The lowest BCUT2D eigenvalue weighted by Gasteiger charge is -2.07. The third kappa shape index (κ3) is 5.57. The van der Waals surface area contributed by atoms with Crippen molar-refractivity contribution in [2.45, 2.75) is 19.4 Å². The summed E-state index contributed by atoms with van der Waals surface area (Å²) in [6.07, 6.45) is 7.73. The Morgan fingerprint density at radius 1 is 1.00 bits per heavy atom. The summed E-state index contributed by atoms with van der Waals surface area (Å²) in [6, 6.07) is 11.5. The molecule has 43 heavy (non-hydrogen) atoms. The lowest BCUT2D eigenvalue weighted by Crippen LogP contribution is -2.21. The van der Waals surface area contributed by atoms with Crippen LogP contribution in [-0.2, 0) is 21.4 Å². The number of aromatic nitrogens is 7. The summed E-state index contributed by atoms with van der Waals surface area (Å²) >= 11 is 0. The highest BCUT2D eigenvalue weighted by Crippen LogP contribution is 2.33. The van der Waals surface area contributed by atoms with E-state index in [0.717, 1.165) is 24.7 Å². The van der Waals surface area contributed by atoms with Gasteiger partial charge < -0.3 is 10.3 Å². The number of benzene rings is 1. The van der Waals surface area contributed by atoms with Crippen molar-refractivity contribution >= 4 is 43.7 Å². The zero-order valence-electron chi connectivity index (χ0n) is 22.7. The molecule has 0 aliphatic heterocycles. The maximum absolute atomic E-state index is 14.6. The van der Waals surface area contributed by atoms with E-state index in [4.69, 9.17) is 9.97 Å². The van der Waals surface area contributed by atoms with Gasteiger partial charge in [-0.3, -0.25) is 19.9 Å². The molecule has 1 aliphatic carbocycles. The minimum absolute atomic E-state index is 0.00161. The van der Waals surface area contributed by atoms with Crippen molar-refractivity contribution in [2.75, 3.05) is 11.6 Å². The zero-order valence-corrected chi connectivity index (χ0v) is 23.5. The number of aromatic amines is 2. The number of rotatable bonds is 8. The average molecular weight is 598 g/mol. The van der Waals surface area contributed by atoms with Gasteiger partial charge in [-0.25, -0.2) is 27.5 Å². The minimum atomic E-state index is -3.46. The molecule has 4 N–H and O–H groups in total. The van der Waals surface area contributed by atoms with Crippen molar-refractivity contribution in [3.63, 3.8) is 0 Å². The van der Waals surface area contributed by atoms with Gasteiger partial charge in [-0.1, -0.05) is 0 Å². The van der Waals surface area contributed by atoms with E-state index >= 15 is 0 Å². The maximum atomic E-state index is 14.6. The van der Waals surface area contributed by atoms with Crippen LogP contribution < -0.4 is 10.0 Å². The first-order chi connectivity index (χ1) is 20.7. The molecule has 1 aliphatic rings. The Morgan fingerprint density at radius 3 is 2.65 bits per heavy atom. The smallest absolute Gasteiger partial charge is 0.227 e. The molecule has 0 bridgehead atoms. The van der Waals surface area contributed by atoms with Crippen molar-refractivity contribution in [3.05, 3.63) is 72.4 Å². The molecule has 1 saturated carbocycles. The van der Waals surface area contributed by atoms with E-state index in [-0.39, 0.29) is 18.4 Å². The fraction of sp³-hybridized carbons (Fsp3) is 0.172. The molecule has 1 aromatic carbocycles. The number of anilines is 1. The summed E-state index contributed by atoms with van der Waals surface area (Å²) in [5.41, 5.74) is 6.15. The summed E-state index contributed by atoms with van der Waals surface area (Å²) in [4.78, 5) is 33.8. The molecule has 216 valence electrons. The molecule has 1 amide bonds. The van der Waals surface area contributed by atoms with Crippen LogP contribution in [0, 0.1) is 11.7 Å². The van der Waals surface area contributed by atoms with Gasteiger partial charge in [-0.2, -0.15) is 5.10 Å². The number of H-pyrrole nitrogens is 2. The summed E-state index contributed by atoms with van der Waals surface area (Å²) in [5.74, 6) is -0.0265. The SMILES string of the molecule is CS(=O)(=O)NCc1cc(F)cc(-c2nccc3[nH]c(-c4n[nH]c5ccc(-c6cncc(NC(=O)C7CC7)c6)nc45)nc23)c1. The fourth-order valence-electron chi connectivity index (χ4n) is 4.83. The largest absolute Gasteiger partial charge is 0.336 e. The molecule has 12 nitrogen and oxygen atoms in total. The number of imidazole rings is 1. The van der Waals surface area contributed by atoms with Crippen LogP contribution in [0.5, 0.6) is 0 Å². The van der Waals surface area contributed by atoms with E-state index in [2.05, 4.69) is 35.2 Å². The molecular weight excluding hydrogens is 573 g/mol. The normalized spacial score (nSPS) is 13.5. The molecule has 0 unspecified atom stereocenters. The minimum Gasteiger partial charge on any atom is -0.336 e. The number of hydrogen-bond donors (Lipinski definition) is 4. The van der Waals surface area contributed by atoms with Gasteiger partial charge in [0, 0.05) is 36.0 Å². The van der Waals surface area contributed by atoms with Gasteiger partial charge in [0.2, 0.25) is 15.9 Å². The van der Waals surface area contributed by atoms with E-state index in [1.54, 1.807) is 30.7 Å². The number of pyridine rings is 3. The fourth-order valence-corrected chi connectivity index (χ4v) is 5.25. The number of nitrogens with zero attached hydrogens (tertiary/aromatic N) is 5. The Morgan fingerprint density at radius 2 is 1.84 bits per heavy atom.